The molecule has 0 bridgehead atoms. The predicted molar refractivity (Wildman–Crippen MR) is 33.2 cm³/mol. The lowest BCUT2D eigenvalue weighted by Crippen LogP contribution is -2.33. The Morgan fingerprint density at radius 2 is 1.92 bits per heavy atom. The van der Waals surface area contributed by atoms with Crippen LogP contribution in [0.2, 0.25) is 0 Å². The van der Waals surface area contributed by atoms with Gasteiger partial charge in [0.2, 0.25) is 0 Å². The van der Waals surface area contributed by atoms with Crippen molar-refractivity contribution in [2.45, 2.75) is 5.25 Å². The Morgan fingerprint density at radius 3 is 2.17 bits per heavy atom. The second-order valence-corrected chi connectivity index (χ2v) is 3.81. The minimum Gasteiger partial charge on any atom is -0.284 e. The zero-order chi connectivity index (χ0) is 9.99. The Morgan fingerprint density at radius 1 is 1.50 bits per heavy atom. The van der Waals surface area contributed by atoms with E-state index in [1.54, 1.807) is 0 Å². The average molecular weight is 226 g/mol. The number of hydrogen-bond acceptors (Lipinski definition) is 4. The minimum absolute atomic E-state index is 1.88. The molecule has 0 aromatic heterocycles. The molecule has 0 aromatic rings. The van der Waals surface area contributed by atoms with Crippen LogP contribution in [0.4, 0.5) is 8.78 Å². The van der Waals surface area contributed by atoms with Gasteiger partial charge in [0, 0.05) is 0 Å². The summed E-state index contributed by atoms with van der Waals surface area (Å²) in [6.45, 7) is -1.88. The van der Waals surface area contributed by atoms with Crippen LogP contribution in [0, 0.1) is 0 Å². The largest absolute Gasteiger partial charge is 0.393 e. The fourth-order valence-electron chi connectivity index (χ4n) is 0.193. The summed E-state index contributed by atoms with van der Waals surface area (Å²) >= 11 is -3.00. The summed E-state index contributed by atoms with van der Waals surface area (Å²) in [5, 5.41) is -4.58. The van der Waals surface area contributed by atoms with Gasteiger partial charge in [0.1, 0.15) is 6.61 Å². The molecule has 2 N–H and O–H groups in total. The predicted octanol–water partition coefficient (Wildman–Crippen LogP) is -0.380. The first-order valence-corrected chi connectivity index (χ1v) is 4.73. The maximum absolute atomic E-state index is 12.1. The molecular weight excluding hydrogens is 222 g/mol. The Labute approximate surface area is 68.8 Å². The van der Waals surface area contributed by atoms with Crippen molar-refractivity contribution in [3.05, 3.63) is 0 Å². The second-order valence-electron chi connectivity index (χ2n) is 1.59. The fourth-order valence-corrected chi connectivity index (χ4v) is 0.725. The van der Waals surface area contributed by atoms with Crippen molar-refractivity contribution < 1.29 is 34.7 Å². The lowest BCUT2D eigenvalue weighted by molar-refractivity contribution is 0.0305. The molecule has 0 rings (SSSR count). The zero-order valence-corrected chi connectivity index (χ0v) is 6.94. The van der Waals surface area contributed by atoms with E-state index in [4.69, 9.17) is 9.11 Å². The summed E-state index contributed by atoms with van der Waals surface area (Å²) in [6.07, 6.45) is 0. The van der Waals surface area contributed by atoms with E-state index < -0.39 is 33.3 Å². The van der Waals surface area contributed by atoms with Crippen molar-refractivity contribution >= 4 is 21.5 Å². The molecule has 0 aliphatic heterocycles. The number of alkyl halides is 2. The third-order valence-electron chi connectivity index (χ3n) is 0.705. The van der Waals surface area contributed by atoms with Crippen LogP contribution in [0.15, 0.2) is 0 Å². The molecule has 1 unspecified atom stereocenters. The summed E-state index contributed by atoms with van der Waals surface area (Å²) < 4.78 is 72.5. The highest BCUT2D eigenvalue weighted by Gasteiger charge is 2.45. The van der Waals surface area contributed by atoms with Gasteiger partial charge in [-0.1, -0.05) is 0 Å². The van der Waals surface area contributed by atoms with Crippen LogP contribution in [-0.4, -0.2) is 33.6 Å². The molecule has 6 nitrogen and oxygen atoms in total. The molecule has 1 atom stereocenters. The topological polar surface area (TPSA) is 101 Å². The number of halogens is 2. The van der Waals surface area contributed by atoms with Crippen LogP contribution >= 0.6 is 0 Å². The van der Waals surface area contributed by atoms with Gasteiger partial charge in [-0.3, -0.25) is 13.3 Å². The van der Waals surface area contributed by atoms with Gasteiger partial charge in [0.05, 0.1) is 0 Å². The minimum atomic E-state index is -5.60. The molecule has 0 aliphatic carbocycles. The zero-order valence-electron chi connectivity index (χ0n) is 5.31. The summed E-state index contributed by atoms with van der Waals surface area (Å²) in [4.78, 5) is 0. The standard InChI is InChI=1S/C2H4F2O6S2/c3-2(4,12(7,8)9)1-10-11(5)6/h1H2,(H,5,6)(H,7,8,9). The lowest BCUT2D eigenvalue weighted by atomic mass is 10.8. The third-order valence-corrected chi connectivity index (χ3v) is 1.90. The van der Waals surface area contributed by atoms with Crippen LogP contribution in [-0.2, 0) is 25.7 Å². The summed E-state index contributed by atoms with van der Waals surface area (Å²) in [6, 6.07) is 0. The maximum Gasteiger partial charge on any atom is 0.393 e. The first-order valence-electron chi connectivity index (χ1n) is 2.26. The molecule has 0 spiro atoms. The van der Waals surface area contributed by atoms with Gasteiger partial charge in [0.25, 0.3) is 0 Å². The molecule has 12 heavy (non-hydrogen) atoms. The Hall–Kier alpha value is -0.160. The SMILES string of the molecule is O=S(O)OCC(F)(F)S(=O)(=O)O. The van der Waals surface area contributed by atoms with Crippen LogP contribution in [0.3, 0.4) is 0 Å². The monoisotopic (exact) mass is 226 g/mol. The molecule has 0 saturated heterocycles. The van der Waals surface area contributed by atoms with E-state index in [1.807, 2.05) is 0 Å². The van der Waals surface area contributed by atoms with E-state index >= 15 is 0 Å². The van der Waals surface area contributed by atoms with Crippen molar-refractivity contribution in [1.29, 1.82) is 0 Å². The fraction of sp³-hybridized carbons (Fsp3) is 1.00. The van der Waals surface area contributed by atoms with Crippen molar-refractivity contribution in [2.75, 3.05) is 6.61 Å². The van der Waals surface area contributed by atoms with Crippen LogP contribution in [0.5, 0.6) is 0 Å². The van der Waals surface area contributed by atoms with Gasteiger partial charge >= 0.3 is 26.7 Å². The molecular formula is C2H4F2O6S2. The van der Waals surface area contributed by atoms with Gasteiger partial charge < -0.3 is 0 Å². The summed E-state index contributed by atoms with van der Waals surface area (Å²) in [5.41, 5.74) is 0. The first-order chi connectivity index (χ1) is 5.17. The van der Waals surface area contributed by atoms with E-state index in [-0.39, 0.29) is 0 Å². The van der Waals surface area contributed by atoms with Crippen molar-refractivity contribution in [2.24, 2.45) is 0 Å². The van der Waals surface area contributed by atoms with Gasteiger partial charge in [0.15, 0.2) is 0 Å². The van der Waals surface area contributed by atoms with Gasteiger partial charge in [-0.05, 0) is 0 Å². The molecule has 0 radical (unpaired) electrons. The van der Waals surface area contributed by atoms with E-state index in [9.17, 15) is 21.4 Å². The van der Waals surface area contributed by atoms with Gasteiger partial charge in [-0.2, -0.15) is 21.4 Å². The highest BCUT2D eigenvalue weighted by Crippen LogP contribution is 2.20. The number of hydrogen-bond donors (Lipinski definition) is 2. The Bertz CT molecular complexity index is 269. The van der Waals surface area contributed by atoms with Gasteiger partial charge in [-0.25, -0.2) is 0 Å². The van der Waals surface area contributed by atoms with Crippen LogP contribution < -0.4 is 0 Å². The quantitative estimate of drug-likeness (QED) is 0.500. The molecule has 0 aliphatic rings. The third kappa shape index (κ3) is 3.49. The van der Waals surface area contributed by atoms with E-state index in [0.717, 1.165) is 0 Å². The van der Waals surface area contributed by atoms with Crippen LogP contribution in [0.1, 0.15) is 0 Å². The highest BCUT2D eigenvalue weighted by atomic mass is 32.2. The van der Waals surface area contributed by atoms with Crippen molar-refractivity contribution in [3.63, 3.8) is 0 Å². The highest BCUT2D eigenvalue weighted by molar-refractivity contribution is 7.86. The summed E-state index contributed by atoms with van der Waals surface area (Å²) in [7, 11) is -5.60. The van der Waals surface area contributed by atoms with E-state index in [2.05, 4.69) is 4.18 Å². The maximum atomic E-state index is 12.1. The molecule has 10 heteroatoms. The number of rotatable bonds is 4. The Balaban J connectivity index is 4.35. The molecule has 0 fully saturated rings. The van der Waals surface area contributed by atoms with Gasteiger partial charge in [-0.15, -0.1) is 0 Å². The molecule has 0 heterocycles. The van der Waals surface area contributed by atoms with E-state index in [1.165, 1.54) is 0 Å². The lowest BCUT2D eigenvalue weighted by Gasteiger charge is -2.10. The molecule has 0 aromatic carbocycles. The average Bonchev–Trinajstić information content (AvgIpc) is 1.81. The Kier molecular flexibility index (Phi) is 3.65. The molecule has 74 valence electrons. The smallest absolute Gasteiger partial charge is 0.284 e. The second kappa shape index (κ2) is 3.70. The van der Waals surface area contributed by atoms with Crippen molar-refractivity contribution in [3.8, 4) is 0 Å². The molecule has 0 saturated carbocycles. The van der Waals surface area contributed by atoms with Crippen LogP contribution in [0.25, 0.3) is 0 Å². The normalized spacial score (nSPS) is 16.0. The summed E-state index contributed by atoms with van der Waals surface area (Å²) in [5.74, 6) is 0. The molecule has 0 amide bonds. The first kappa shape index (κ1) is 11.8. The van der Waals surface area contributed by atoms with Crippen molar-refractivity contribution in [1.82, 2.24) is 0 Å². The van der Waals surface area contributed by atoms with E-state index in [0.29, 0.717) is 0 Å².